The summed E-state index contributed by atoms with van der Waals surface area (Å²) in [5, 5.41) is 8.49. The molecule has 11 heteroatoms. The number of quaternary nitrogens is 1. The summed E-state index contributed by atoms with van der Waals surface area (Å²) in [5.74, 6) is 1.25. The molecule has 0 radical (unpaired) electrons. The molecule has 2 amide bonds. The Bertz CT molecular complexity index is 939. The number of nitrogens with two attached hydrogens (primary N) is 1. The van der Waals surface area contributed by atoms with Gasteiger partial charge >= 0.3 is 0 Å². The van der Waals surface area contributed by atoms with Crippen molar-refractivity contribution in [3.8, 4) is 0 Å². The SMILES string of the molecule is CO/N=C(\C(=O)NC1C(=O)N2C=C(C[N+]34CCC(CC3)CC4)CS[C@@H]12)c1csc(N)n1. The van der Waals surface area contributed by atoms with Crippen LogP contribution in [0.2, 0.25) is 0 Å². The van der Waals surface area contributed by atoms with Gasteiger partial charge in [-0.2, -0.15) is 0 Å². The van der Waals surface area contributed by atoms with Crippen LogP contribution in [-0.4, -0.2) is 82.4 Å². The molecule has 4 saturated heterocycles. The standard InChI is InChI=1S/C20H26N6O3S2/c1-29-24-15(14-11-31-20(21)22-14)17(27)23-16-18(28)25-8-13(10-30-19(16)25)9-26-5-2-12(3-6-26)4-7-26/h8,11-12,16,19H,2-7,9-10H2,1H3,(H2-,21,22,23,27)/p+1/b24-15-/t12?,16?,19-,26?/m0/s1. The average molecular weight is 464 g/mol. The fraction of sp³-hybridized carbons (Fsp3) is 0.600. The minimum atomic E-state index is -0.578. The van der Waals surface area contributed by atoms with E-state index in [9.17, 15) is 9.59 Å². The molecule has 1 aromatic heterocycles. The van der Waals surface area contributed by atoms with Crippen LogP contribution in [0.4, 0.5) is 5.13 Å². The first-order valence-electron chi connectivity index (χ1n) is 10.6. The predicted molar refractivity (Wildman–Crippen MR) is 120 cm³/mol. The number of aromatic nitrogens is 1. The van der Waals surface area contributed by atoms with Gasteiger partial charge in [0, 0.05) is 22.9 Å². The first-order valence-corrected chi connectivity index (χ1v) is 12.5. The molecule has 5 aliphatic heterocycles. The van der Waals surface area contributed by atoms with Gasteiger partial charge in [0.05, 0.1) is 19.6 Å². The van der Waals surface area contributed by atoms with Crippen molar-refractivity contribution in [2.45, 2.75) is 30.7 Å². The lowest BCUT2D eigenvalue weighted by atomic mass is 9.85. The van der Waals surface area contributed by atoms with E-state index in [4.69, 9.17) is 10.6 Å². The van der Waals surface area contributed by atoms with Crippen LogP contribution < -0.4 is 11.1 Å². The summed E-state index contributed by atoms with van der Waals surface area (Å²) in [6.45, 7) is 4.85. The maximum absolute atomic E-state index is 12.8. The van der Waals surface area contributed by atoms with Crippen molar-refractivity contribution in [1.82, 2.24) is 15.2 Å². The van der Waals surface area contributed by atoms with Crippen molar-refractivity contribution < 1.29 is 18.9 Å². The third-order valence-electron chi connectivity index (χ3n) is 6.86. The average Bonchev–Trinajstić information content (AvgIpc) is 3.22. The molecule has 0 saturated carbocycles. The van der Waals surface area contributed by atoms with Gasteiger partial charge in [0.2, 0.25) is 0 Å². The number of nitrogens with zero attached hydrogens (tertiary/aromatic N) is 4. The minimum absolute atomic E-state index is 0.0167. The topological polar surface area (TPSA) is 110 Å². The monoisotopic (exact) mass is 463 g/mol. The Balaban J connectivity index is 1.24. The lowest BCUT2D eigenvalue weighted by Crippen LogP contribution is -2.69. The van der Waals surface area contributed by atoms with Crippen LogP contribution in [-0.2, 0) is 14.4 Å². The van der Waals surface area contributed by atoms with Gasteiger partial charge in [-0.3, -0.25) is 9.59 Å². The predicted octanol–water partition coefficient (Wildman–Crippen LogP) is 0.990. The molecule has 166 valence electrons. The number of fused-ring (bicyclic) bond motifs is 4. The van der Waals surface area contributed by atoms with Crippen molar-refractivity contribution in [3.05, 3.63) is 22.8 Å². The van der Waals surface area contributed by atoms with E-state index in [-0.39, 0.29) is 17.0 Å². The molecule has 2 bridgehead atoms. The number of anilines is 1. The fourth-order valence-corrected chi connectivity index (χ4v) is 6.95. The summed E-state index contributed by atoms with van der Waals surface area (Å²) >= 11 is 2.93. The Kier molecular flexibility index (Phi) is 5.43. The van der Waals surface area contributed by atoms with Crippen molar-refractivity contribution >= 4 is 45.8 Å². The van der Waals surface area contributed by atoms with E-state index in [2.05, 4.69) is 15.5 Å². The number of amides is 2. The van der Waals surface area contributed by atoms with Crippen molar-refractivity contribution in [2.24, 2.45) is 11.1 Å². The number of hydrogen-bond acceptors (Lipinski definition) is 8. The fourth-order valence-electron chi connectivity index (χ4n) is 5.15. The highest BCUT2D eigenvalue weighted by atomic mass is 32.2. The van der Waals surface area contributed by atoms with Gasteiger partial charge in [-0.15, -0.1) is 23.1 Å². The Labute approximate surface area is 189 Å². The van der Waals surface area contributed by atoms with Crippen LogP contribution in [0, 0.1) is 5.92 Å². The second kappa shape index (κ2) is 8.10. The second-order valence-corrected chi connectivity index (χ2v) is 10.8. The number of carbonyl (C=O) groups is 2. The van der Waals surface area contributed by atoms with Gasteiger partial charge in [-0.1, -0.05) is 5.16 Å². The lowest BCUT2D eigenvalue weighted by Gasteiger charge is -2.51. The zero-order valence-corrected chi connectivity index (χ0v) is 19.1. The van der Waals surface area contributed by atoms with Crippen LogP contribution >= 0.6 is 23.1 Å². The van der Waals surface area contributed by atoms with Crippen LogP contribution in [0.5, 0.6) is 0 Å². The minimum Gasteiger partial charge on any atom is -0.398 e. The summed E-state index contributed by atoms with van der Waals surface area (Å²) in [6, 6.07) is -0.578. The molecule has 31 heavy (non-hydrogen) atoms. The number of nitrogen functional groups attached to an aromatic ring is 1. The van der Waals surface area contributed by atoms with E-state index < -0.39 is 11.9 Å². The molecule has 1 aromatic rings. The maximum atomic E-state index is 12.8. The van der Waals surface area contributed by atoms with Crippen molar-refractivity contribution in [1.29, 1.82) is 0 Å². The molecular formula is C20H27N6O3S2+. The Morgan fingerprint density at radius 2 is 2.13 bits per heavy atom. The molecule has 3 N–H and O–H groups in total. The molecule has 0 aliphatic carbocycles. The summed E-state index contributed by atoms with van der Waals surface area (Å²) in [7, 11) is 1.36. The van der Waals surface area contributed by atoms with E-state index in [0.29, 0.717) is 10.8 Å². The van der Waals surface area contributed by atoms with E-state index in [1.165, 1.54) is 67.4 Å². The van der Waals surface area contributed by atoms with Gasteiger partial charge in [0.15, 0.2) is 10.8 Å². The number of thiazole rings is 1. The molecule has 0 aromatic carbocycles. The number of thioether (sulfide) groups is 1. The number of carbonyl (C=O) groups excluding carboxylic acids is 2. The van der Waals surface area contributed by atoms with Gasteiger partial charge in [-0.05, 0) is 25.2 Å². The van der Waals surface area contributed by atoms with Crippen LogP contribution in [0.1, 0.15) is 25.0 Å². The number of nitrogens with one attached hydrogen (secondary N) is 1. The molecular weight excluding hydrogens is 436 g/mol. The van der Waals surface area contributed by atoms with Gasteiger partial charge in [0.25, 0.3) is 11.8 Å². The molecule has 4 fully saturated rings. The molecule has 6 heterocycles. The highest BCUT2D eigenvalue weighted by Crippen LogP contribution is 2.39. The first kappa shape index (κ1) is 20.8. The Morgan fingerprint density at radius 1 is 1.39 bits per heavy atom. The maximum Gasteiger partial charge on any atom is 0.276 e. The zero-order chi connectivity index (χ0) is 21.6. The molecule has 9 nitrogen and oxygen atoms in total. The normalized spacial score (nSPS) is 32.2. The highest BCUT2D eigenvalue weighted by molar-refractivity contribution is 8.00. The van der Waals surface area contributed by atoms with E-state index in [0.717, 1.165) is 18.2 Å². The third kappa shape index (κ3) is 3.83. The van der Waals surface area contributed by atoms with Crippen LogP contribution in [0.3, 0.4) is 0 Å². The molecule has 0 spiro atoms. The number of rotatable bonds is 6. The van der Waals surface area contributed by atoms with E-state index in [1.807, 2.05) is 6.20 Å². The number of β-lactam (4-membered cyclic amide) rings is 1. The van der Waals surface area contributed by atoms with Gasteiger partial charge in [0.1, 0.15) is 30.8 Å². The largest absolute Gasteiger partial charge is 0.398 e. The number of oxime groups is 1. The number of hydrogen-bond donors (Lipinski definition) is 2. The molecule has 2 atom stereocenters. The second-order valence-electron chi connectivity index (χ2n) is 8.78. The highest BCUT2D eigenvalue weighted by Gasteiger charge is 2.50. The molecule has 6 rings (SSSR count). The molecule has 5 aliphatic rings. The van der Waals surface area contributed by atoms with Crippen LogP contribution in [0.15, 0.2) is 22.3 Å². The van der Waals surface area contributed by atoms with E-state index in [1.54, 1.807) is 22.0 Å². The first-order chi connectivity index (χ1) is 15.0. The Hall–Kier alpha value is -2.11. The smallest absolute Gasteiger partial charge is 0.276 e. The van der Waals surface area contributed by atoms with E-state index >= 15 is 0 Å². The summed E-state index contributed by atoms with van der Waals surface area (Å²) < 4.78 is 1.18. The van der Waals surface area contributed by atoms with Crippen molar-refractivity contribution in [3.63, 3.8) is 0 Å². The van der Waals surface area contributed by atoms with Crippen molar-refractivity contribution in [2.75, 3.05) is 44.8 Å². The Morgan fingerprint density at radius 3 is 2.77 bits per heavy atom. The number of piperidine rings is 3. The van der Waals surface area contributed by atoms with Crippen LogP contribution in [0.25, 0.3) is 0 Å². The lowest BCUT2D eigenvalue weighted by molar-refractivity contribution is -0.938. The quantitative estimate of drug-likeness (QED) is 0.282. The summed E-state index contributed by atoms with van der Waals surface area (Å²) in [6.07, 6.45) is 6.06. The van der Waals surface area contributed by atoms with Gasteiger partial charge < -0.3 is 25.3 Å². The molecule has 1 unspecified atom stereocenters. The summed E-state index contributed by atoms with van der Waals surface area (Å²) in [4.78, 5) is 36.3. The summed E-state index contributed by atoms with van der Waals surface area (Å²) in [5.41, 5.74) is 7.36. The van der Waals surface area contributed by atoms with Gasteiger partial charge in [-0.25, -0.2) is 4.98 Å². The zero-order valence-electron chi connectivity index (χ0n) is 17.5. The third-order valence-corrected chi connectivity index (χ3v) is 8.92.